The SMILES string of the molecule is Cc1ccc(CCC(=O)NCCN(C)C[C@H]2O[C@@H](n3cnc4c(N)ncnc43)[C@H](O)[C@@H]2O)cc1. The lowest BCUT2D eigenvalue weighted by Gasteiger charge is -2.22. The maximum absolute atomic E-state index is 12.2. The fourth-order valence-corrected chi connectivity index (χ4v) is 4.05. The van der Waals surface area contributed by atoms with Crippen molar-refractivity contribution in [1.82, 2.24) is 29.7 Å². The van der Waals surface area contributed by atoms with Crippen molar-refractivity contribution in [2.45, 2.75) is 44.3 Å². The summed E-state index contributed by atoms with van der Waals surface area (Å²) in [5, 5.41) is 24.1. The van der Waals surface area contributed by atoms with Crippen LogP contribution in [0.4, 0.5) is 5.82 Å². The van der Waals surface area contributed by atoms with E-state index in [0.717, 1.165) is 5.56 Å². The minimum Gasteiger partial charge on any atom is -0.387 e. The number of nitrogens with two attached hydrogens (primary N) is 1. The molecule has 3 heterocycles. The average Bonchev–Trinajstić information content (AvgIpc) is 3.36. The number of aliphatic hydroxyl groups excluding tert-OH is 2. The second kappa shape index (κ2) is 10.4. The number of carbonyl (C=O) groups is 1. The number of aliphatic hydroxyl groups is 2. The lowest BCUT2D eigenvalue weighted by Crippen LogP contribution is -2.41. The van der Waals surface area contributed by atoms with Gasteiger partial charge >= 0.3 is 0 Å². The molecule has 1 aliphatic rings. The van der Waals surface area contributed by atoms with Crippen LogP contribution < -0.4 is 11.1 Å². The van der Waals surface area contributed by atoms with E-state index in [2.05, 4.69) is 20.3 Å². The van der Waals surface area contributed by atoms with Crippen LogP contribution in [0.2, 0.25) is 0 Å². The Balaban J connectivity index is 1.24. The Hall–Kier alpha value is -3.12. The van der Waals surface area contributed by atoms with Crippen LogP contribution in [0.3, 0.4) is 0 Å². The van der Waals surface area contributed by atoms with Crippen LogP contribution in [0.5, 0.6) is 0 Å². The van der Waals surface area contributed by atoms with Gasteiger partial charge in [0.15, 0.2) is 17.7 Å². The predicted molar refractivity (Wildman–Crippen MR) is 126 cm³/mol. The third kappa shape index (κ3) is 5.33. The number of carbonyl (C=O) groups excluding carboxylic acids is 1. The number of aryl methyl sites for hydroxylation is 2. The summed E-state index contributed by atoms with van der Waals surface area (Å²) in [4.78, 5) is 26.4. The summed E-state index contributed by atoms with van der Waals surface area (Å²) in [6.07, 6.45) is 0.179. The monoisotopic (exact) mass is 469 g/mol. The third-order valence-corrected chi connectivity index (χ3v) is 6.07. The topological polar surface area (TPSA) is 152 Å². The highest BCUT2D eigenvalue weighted by molar-refractivity contribution is 5.81. The van der Waals surface area contributed by atoms with E-state index < -0.39 is 24.5 Å². The van der Waals surface area contributed by atoms with Gasteiger partial charge in [0, 0.05) is 26.1 Å². The first-order valence-electron chi connectivity index (χ1n) is 11.3. The predicted octanol–water partition coefficient (Wildman–Crippen LogP) is 0.0169. The summed E-state index contributed by atoms with van der Waals surface area (Å²) in [5.74, 6) is 0.226. The normalized spacial score (nSPS) is 22.5. The van der Waals surface area contributed by atoms with Crippen LogP contribution in [0, 0.1) is 6.92 Å². The number of nitrogens with zero attached hydrogens (tertiary/aromatic N) is 5. The smallest absolute Gasteiger partial charge is 0.220 e. The summed E-state index contributed by atoms with van der Waals surface area (Å²) in [7, 11) is 1.87. The van der Waals surface area contributed by atoms with Crippen molar-refractivity contribution in [3.05, 3.63) is 48.0 Å². The van der Waals surface area contributed by atoms with Gasteiger partial charge in [-0.1, -0.05) is 29.8 Å². The number of nitrogen functional groups attached to an aromatic ring is 1. The molecule has 0 aliphatic carbocycles. The standard InChI is InChI=1S/C23H31N7O4/c1-14-3-5-15(6-4-14)7-8-17(31)25-9-10-29(2)11-16-19(32)20(33)23(34-16)30-13-28-18-21(24)26-12-27-22(18)30/h3-6,12-13,16,19-20,23,32-33H,7-11H2,1-2H3,(H,25,31)(H2,24,26,27)/t16-,19-,20-,23-/m1/s1. The number of nitrogens with one attached hydrogen (secondary N) is 1. The second-order valence-corrected chi connectivity index (χ2v) is 8.73. The number of hydrogen-bond acceptors (Lipinski definition) is 9. The highest BCUT2D eigenvalue weighted by Gasteiger charge is 2.44. The molecule has 4 rings (SSSR count). The number of ether oxygens (including phenoxy) is 1. The van der Waals surface area contributed by atoms with Crippen LogP contribution in [-0.4, -0.2) is 85.5 Å². The molecule has 0 spiro atoms. The lowest BCUT2D eigenvalue weighted by molar-refractivity contribution is -0.121. The van der Waals surface area contributed by atoms with Crippen LogP contribution in [-0.2, 0) is 16.0 Å². The molecular weight excluding hydrogens is 438 g/mol. The van der Waals surface area contributed by atoms with Crippen molar-refractivity contribution in [2.75, 3.05) is 32.4 Å². The number of aromatic nitrogens is 4. The van der Waals surface area contributed by atoms with E-state index in [1.165, 1.54) is 18.2 Å². The maximum Gasteiger partial charge on any atom is 0.220 e. The van der Waals surface area contributed by atoms with Crippen molar-refractivity contribution < 1.29 is 19.7 Å². The number of fused-ring (bicyclic) bond motifs is 1. The minimum atomic E-state index is -1.16. The van der Waals surface area contributed by atoms with Gasteiger partial charge in [-0.15, -0.1) is 0 Å². The largest absolute Gasteiger partial charge is 0.387 e. The number of imidazole rings is 1. The molecule has 1 saturated heterocycles. The molecule has 5 N–H and O–H groups in total. The first kappa shape index (κ1) is 24.0. The number of rotatable bonds is 9. The molecule has 182 valence electrons. The molecule has 1 aromatic carbocycles. The molecular formula is C23H31N7O4. The molecule has 11 nitrogen and oxygen atoms in total. The molecule has 3 aromatic rings. The lowest BCUT2D eigenvalue weighted by atomic mass is 10.1. The van der Waals surface area contributed by atoms with Crippen molar-refractivity contribution in [3.63, 3.8) is 0 Å². The fourth-order valence-electron chi connectivity index (χ4n) is 4.05. The van der Waals surface area contributed by atoms with Gasteiger partial charge < -0.3 is 30.9 Å². The molecule has 0 unspecified atom stereocenters. The summed E-state index contributed by atoms with van der Waals surface area (Å²) in [5.41, 5.74) is 8.99. The number of anilines is 1. The minimum absolute atomic E-state index is 0.00476. The molecule has 34 heavy (non-hydrogen) atoms. The van der Waals surface area contributed by atoms with Gasteiger partial charge in [0.05, 0.1) is 6.33 Å². The van der Waals surface area contributed by atoms with Crippen LogP contribution in [0.1, 0.15) is 23.8 Å². The molecule has 2 aromatic heterocycles. The van der Waals surface area contributed by atoms with Crippen molar-refractivity contribution in [1.29, 1.82) is 0 Å². The zero-order valence-corrected chi connectivity index (χ0v) is 19.3. The van der Waals surface area contributed by atoms with E-state index >= 15 is 0 Å². The van der Waals surface area contributed by atoms with Gasteiger partial charge in [-0.2, -0.15) is 0 Å². The van der Waals surface area contributed by atoms with Crippen molar-refractivity contribution in [2.24, 2.45) is 0 Å². The van der Waals surface area contributed by atoms with Gasteiger partial charge in [0.25, 0.3) is 0 Å². The van der Waals surface area contributed by atoms with E-state index in [0.29, 0.717) is 43.6 Å². The van der Waals surface area contributed by atoms with Gasteiger partial charge in [0.1, 0.15) is 30.2 Å². The first-order valence-corrected chi connectivity index (χ1v) is 11.3. The molecule has 1 amide bonds. The summed E-state index contributed by atoms with van der Waals surface area (Å²) in [6, 6.07) is 8.17. The van der Waals surface area contributed by atoms with Gasteiger partial charge in [-0.25, -0.2) is 15.0 Å². The van der Waals surface area contributed by atoms with Crippen LogP contribution >= 0.6 is 0 Å². The van der Waals surface area contributed by atoms with E-state index in [1.807, 2.05) is 43.1 Å². The zero-order valence-electron chi connectivity index (χ0n) is 19.3. The van der Waals surface area contributed by atoms with E-state index in [9.17, 15) is 15.0 Å². The third-order valence-electron chi connectivity index (χ3n) is 6.07. The fraction of sp³-hybridized carbons (Fsp3) is 0.478. The number of likely N-dealkylation sites (N-methyl/N-ethyl adjacent to an activating group) is 1. The second-order valence-electron chi connectivity index (χ2n) is 8.73. The van der Waals surface area contributed by atoms with Crippen LogP contribution in [0.15, 0.2) is 36.9 Å². The molecule has 0 radical (unpaired) electrons. The summed E-state index contributed by atoms with van der Waals surface area (Å²) in [6.45, 7) is 3.45. The van der Waals surface area contributed by atoms with Gasteiger partial charge in [-0.05, 0) is 26.0 Å². The molecule has 0 saturated carbocycles. The molecule has 4 atom stereocenters. The van der Waals surface area contributed by atoms with E-state index in [4.69, 9.17) is 10.5 Å². The Morgan fingerprint density at radius 1 is 1.21 bits per heavy atom. The Kier molecular flexibility index (Phi) is 7.37. The number of hydrogen-bond donors (Lipinski definition) is 4. The molecule has 11 heteroatoms. The molecule has 0 bridgehead atoms. The average molecular weight is 470 g/mol. The Labute approximate surface area is 197 Å². The maximum atomic E-state index is 12.2. The Bertz CT molecular complexity index is 1120. The molecule has 1 fully saturated rings. The summed E-state index contributed by atoms with van der Waals surface area (Å²) >= 11 is 0. The number of amides is 1. The highest BCUT2D eigenvalue weighted by Crippen LogP contribution is 2.32. The Morgan fingerprint density at radius 2 is 1.97 bits per heavy atom. The first-order chi connectivity index (χ1) is 16.3. The van der Waals surface area contributed by atoms with E-state index in [-0.39, 0.29) is 11.7 Å². The van der Waals surface area contributed by atoms with E-state index in [1.54, 1.807) is 4.57 Å². The molecule has 1 aliphatic heterocycles. The quantitative estimate of drug-likeness (QED) is 0.340. The van der Waals surface area contributed by atoms with Gasteiger partial charge in [0.2, 0.25) is 5.91 Å². The van der Waals surface area contributed by atoms with Crippen molar-refractivity contribution >= 4 is 22.9 Å². The highest BCUT2D eigenvalue weighted by atomic mass is 16.6. The zero-order chi connectivity index (χ0) is 24.2. The van der Waals surface area contributed by atoms with Crippen LogP contribution in [0.25, 0.3) is 11.2 Å². The summed E-state index contributed by atoms with van der Waals surface area (Å²) < 4.78 is 7.52. The number of benzene rings is 1. The Morgan fingerprint density at radius 3 is 2.74 bits per heavy atom. The van der Waals surface area contributed by atoms with Crippen molar-refractivity contribution in [3.8, 4) is 0 Å². The van der Waals surface area contributed by atoms with Gasteiger partial charge in [-0.3, -0.25) is 9.36 Å².